The lowest BCUT2D eigenvalue weighted by Crippen LogP contribution is -2.23. The summed E-state index contributed by atoms with van der Waals surface area (Å²) in [4.78, 5) is 8.73. The lowest BCUT2D eigenvalue weighted by Gasteiger charge is -1.94. The summed E-state index contributed by atoms with van der Waals surface area (Å²) in [6, 6.07) is 3.83. The van der Waals surface area contributed by atoms with Gasteiger partial charge in [-0.2, -0.15) is 9.98 Å². The van der Waals surface area contributed by atoms with Crippen LogP contribution >= 0.6 is 23.1 Å². The SMILES string of the molecule is N=C(N=C(N)N)SCc1nc(-c2cccs2)no1. The summed E-state index contributed by atoms with van der Waals surface area (Å²) in [6.45, 7) is 0. The number of amidine groups is 1. The number of rotatable bonds is 3. The predicted molar refractivity (Wildman–Crippen MR) is 72.4 cm³/mol. The third-order valence-corrected chi connectivity index (χ3v) is 3.39. The van der Waals surface area contributed by atoms with Crippen molar-refractivity contribution >= 4 is 34.2 Å². The first-order valence-corrected chi connectivity index (χ1v) is 6.69. The zero-order chi connectivity index (χ0) is 13.0. The van der Waals surface area contributed by atoms with Crippen molar-refractivity contribution in [2.24, 2.45) is 16.5 Å². The minimum atomic E-state index is -0.141. The molecule has 0 atom stereocenters. The highest BCUT2D eigenvalue weighted by Crippen LogP contribution is 2.22. The summed E-state index contributed by atoms with van der Waals surface area (Å²) in [5.41, 5.74) is 10.3. The Morgan fingerprint density at radius 1 is 1.56 bits per heavy atom. The monoisotopic (exact) mass is 282 g/mol. The maximum absolute atomic E-state index is 7.44. The van der Waals surface area contributed by atoms with E-state index >= 15 is 0 Å². The van der Waals surface area contributed by atoms with Gasteiger partial charge < -0.3 is 16.0 Å². The molecule has 0 fully saturated rings. The van der Waals surface area contributed by atoms with Crippen molar-refractivity contribution in [2.45, 2.75) is 5.75 Å². The molecule has 7 nitrogen and oxygen atoms in total. The van der Waals surface area contributed by atoms with Gasteiger partial charge in [0.1, 0.15) is 0 Å². The van der Waals surface area contributed by atoms with Crippen LogP contribution in [-0.2, 0) is 5.75 Å². The quantitative estimate of drug-likeness (QED) is 0.574. The first kappa shape index (κ1) is 12.6. The van der Waals surface area contributed by atoms with Crippen LogP contribution in [0, 0.1) is 5.41 Å². The molecule has 2 aromatic heterocycles. The van der Waals surface area contributed by atoms with E-state index in [0.29, 0.717) is 17.5 Å². The van der Waals surface area contributed by atoms with Crippen molar-refractivity contribution in [1.82, 2.24) is 10.1 Å². The van der Waals surface area contributed by atoms with Crippen LogP contribution in [0.5, 0.6) is 0 Å². The molecule has 0 aliphatic rings. The molecule has 0 spiro atoms. The number of thiophene rings is 1. The van der Waals surface area contributed by atoms with E-state index < -0.39 is 0 Å². The average molecular weight is 282 g/mol. The highest BCUT2D eigenvalue weighted by Gasteiger charge is 2.10. The summed E-state index contributed by atoms with van der Waals surface area (Å²) < 4.78 is 5.06. The van der Waals surface area contributed by atoms with E-state index in [1.54, 1.807) is 0 Å². The van der Waals surface area contributed by atoms with E-state index in [-0.39, 0.29) is 11.1 Å². The second kappa shape index (κ2) is 5.65. The van der Waals surface area contributed by atoms with E-state index in [0.717, 1.165) is 16.6 Å². The zero-order valence-corrected chi connectivity index (χ0v) is 10.8. The number of nitrogens with two attached hydrogens (primary N) is 2. The molecular formula is C9H10N6OS2. The number of hydrogen-bond acceptors (Lipinski definition) is 6. The van der Waals surface area contributed by atoms with Crippen molar-refractivity contribution in [3.63, 3.8) is 0 Å². The van der Waals surface area contributed by atoms with Gasteiger partial charge in [-0.1, -0.05) is 23.0 Å². The standard InChI is InChI=1S/C9H10N6OS2/c10-8(11)14-9(12)18-4-6-13-7(15-16-6)5-2-1-3-17-5/h1-3H,4H2,(H5,10,11,12,14). The minimum Gasteiger partial charge on any atom is -0.370 e. The van der Waals surface area contributed by atoms with E-state index in [1.165, 1.54) is 11.3 Å². The molecule has 0 bridgehead atoms. The molecule has 94 valence electrons. The van der Waals surface area contributed by atoms with Crippen molar-refractivity contribution in [3.05, 3.63) is 23.4 Å². The van der Waals surface area contributed by atoms with Crippen LogP contribution in [0.3, 0.4) is 0 Å². The van der Waals surface area contributed by atoms with Gasteiger partial charge in [-0.15, -0.1) is 11.3 Å². The van der Waals surface area contributed by atoms with Crippen LogP contribution in [0.4, 0.5) is 0 Å². The number of aliphatic imine (C=N–C) groups is 1. The number of hydrogen-bond donors (Lipinski definition) is 3. The lowest BCUT2D eigenvalue weighted by molar-refractivity contribution is 0.392. The average Bonchev–Trinajstić information content (AvgIpc) is 2.96. The van der Waals surface area contributed by atoms with Gasteiger partial charge in [-0.05, 0) is 11.4 Å². The molecule has 2 aromatic rings. The van der Waals surface area contributed by atoms with Gasteiger partial charge in [-0.3, -0.25) is 5.41 Å². The van der Waals surface area contributed by atoms with Crippen LogP contribution in [-0.4, -0.2) is 21.3 Å². The molecule has 18 heavy (non-hydrogen) atoms. The Bertz CT molecular complexity index is 557. The summed E-state index contributed by atoms with van der Waals surface area (Å²) in [5, 5.41) is 13.2. The van der Waals surface area contributed by atoms with Gasteiger partial charge in [0, 0.05) is 0 Å². The van der Waals surface area contributed by atoms with Gasteiger partial charge in [0.05, 0.1) is 10.6 Å². The van der Waals surface area contributed by atoms with E-state index in [1.807, 2.05) is 17.5 Å². The first-order valence-electron chi connectivity index (χ1n) is 4.82. The Labute approximate surface area is 111 Å². The smallest absolute Gasteiger partial charge is 0.237 e. The van der Waals surface area contributed by atoms with Crippen molar-refractivity contribution in [2.75, 3.05) is 0 Å². The molecule has 5 N–H and O–H groups in total. The van der Waals surface area contributed by atoms with Crippen LogP contribution in [0.1, 0.15) is 5.89 Å². The molecule has 9 heteroatoms. The number of thioether (sulfide) groups is 1. The van der Waals surface area contributed by atoms with E-state index in [2.05, 4.69) is 15.1 Å². The van der Waals surface area contributed by atoms with E-state index in [4.69, 9.17) is 21.4 Å². The summed E-state index contributed by atoms with van der Waals surface area (Å²) in [6.07, 6.45) is 0. The van der Waals surface area contributed by atoms with E-state index in [9.17, 15) is 0 Å². The topological polar surface area (TPSA) is 127 Å². The Balaban J connectivity index is 1.96. The third kappa shape index (κ3) is 3.31. The van der Waals surface area contributed by atoms with Crippen molar-refractivity contribution in [1.29, 1.82) is 5.41 Å². The zero-order valence-electron chi connectivity index (χ0n) is 9.16. The van der Waals surface area contributed by atoms with Gasteiger partial charge >= 0.3 is 0 Å². The maximum Gasteiger partial charge on any atom is 0.237 e. The fraction of sp³-hybridized carbons (Fsp3) is 0.111. The van der Waals surface area contributed by atoms with Crippen molar-refractivity contribution in [3.8, 4) is 10.7 Å². The summed E-state index contributed by atoms with van der Waals surface area (Å²) in [7, 11) is 0. The minimum absolute atomic E-state index is 0.00544. The molecule has 0 saturated heterocycles. The molecule has 2 heterocycles. The Morgan fingerprint density at radius 2 is 2.39 bits per heavy atom. The fourth-order valence-corrected chi connectivity index (χ4v) is 2.30. The van der Waals surface area contributed by atoms with Crippen LogP contribution in [0.2, 0.25) is 0 Å². The largest absolute Gasteiger partial charge is 0.370 e. The second-order valence-electron chi connectivity index (χ2n) is 3.12. The molecule has 2 rings (SSSR count). The number of aromatic nitrogens is 2. The molecular weight excluding hydrogens is 272 g/mol. The molecule has 0 aliphatic carbocycles. The Kier molecular flexibility index (Phi) is 3.95. The Hall–Kier alpha value is -1.87. The van der Waals surface area contributed by atoms with Crippen molar-refractivity contribution < 1.29 is 4.52 Å². The fourth-order valence-electron chi connectivity index (χ4n) is 1.10. The number of guanidine groups is 1. The number of nitrogens with one attached hydrogen (secondary N) is 1. The molecule has 0 saturated carbocycles. The van der Waals surface area contributed by atoms with Gasteiger partial charge in [0.2, 0.25) is 11.7 Å². The predicted octanol–water partition coefficient (Wildman–Crippen LogP) is 1.24. The molecule has 0 radical (unpaired) electrons. The normalized spacial score (nSPS) is 10.2. The molecule has 0 aliphatic heterocycles. The lowest BCUT2D eigenvalue weighted by atomic mass is 10.4. The highest BCUT2D eigenvalue weighted by molar-refractivity contribution is 8.13. The molecule has 0 unspecified atom stereocenters. The van der Waals surface area contributed by atoms with Crippen LogP contribution in [0.25, 0.3) is 10.7 Å². The van der Waals surface area contributed by atoms with Gasteiger partial charge in [0.15, 0.2) is 11.1 Å². The highest BCUT2D eigenvalue weighted by atomic mass is 32.2. The van der Waals surface area contributed by atoms with Gasteiger partial charge in [-0.25, -0.2) is 0 Å². The maximum atomic E-state index is 7.44. The van der Waals surface area contributed by atoms with Crippen LogP contribution in [0.15, 0.2) is 27.0 Å². The third-order valence-electron chi connectivity index (χ3n) is 1.77. The molecule has 0 amide bonds. The second-order valence-corrected chi connectivity index (χ2v) is 5.03. The summed E-state index contributed by atoms with van der Waals surface area (Å²) >= 11 is 2.64. The van der Waals surface area contributed by atoms with Gasteiger partial charge in [0.25, 0.3) is 0 Å². The van der Waals surface area contributed by atoms with Crippen LogP contribution < -0.4 is 11.5 Å². The Morgan fingerprint density at radius 3 is 3.06 bits per heavy atom. The first-order chi connectivity index (χ1) is 8.65. The molecule has 0 aromatic carbocycles. The number of nitrogens with zero attached hydrogens (tertiary/aromatic N) is 3. The summed E-state index contributed by atoms with van der Waals surface area (Å²) in [5.74, 6) is 1.19.